The zero-order valence-electron chi connectivity index (χ0n) is 14.8. The molecule has 4 nitrogen and oxygen atoms in total. The van der Waals surface area contributed by atoms with Crippen LogP contribution in [0.4, 0.5) is 4.79 Å². The monoisotopic (exact) mass is 357 g/mol. The Labute approximate surface area is 158 Å². The van der Waals surface area contributed by atoms with Crippen LogP contribution in [0.2, 0.25) is 0 Å². The fraction of sp³-hybridized carbons (Fsp3) is 0.174. The van der Waals surface area contributed by atoms with Gasteiger partial charge in [-0.2, -0.15) is 0 Å². The van der Waals surface area contributed by atoms with E-state index >= 15 is 0 Å². The average molecular weight is 357 g/mol. The summed E-state index contributed by atoms with van der Waals surface area (Å²) in [6.45, 7) is 0.980. The van der Waals surface area contributed by atoms with Crippen molar-refractivity contribution in [3.05, 3.63) is 95.6 Å². The summed E-state index contributed by atoms with van der Waals surface area (Å²) in [4.78, 5) is 14.6. The molecule has 2 aliphatic heterocycles. The normalized spacial score (nSPS) is 19.9. The van der Waals surface area contributed by atoms with Crippen LogP contribution in [0, 0.1) is 0 Å². The molecule has 27 heavy (non-hydrogen) atoms. The minimum atomic E-state index is -0.561. The molecule has 3 aromatic carbocycles. The second kappa shape index (κ2) is 6.16. The van der Waals surface area contributed by atoms with Gasteiger partial charge in [0.1, 0.15) is 11.5 Å². The third-order valence-corrected chi connectivity index (χ3v) is 5.28. The van der Waals surface area contributed by atoms with E-state index in [1.807, 2.05) is 48.5 Å². The van der Waals surface area contributed by atoms with Gasteiger partial charge in [-0.3, -0.25) is 4.90 Å². The highest BCUT2D eigenvalue weighted by atomic mass is 16.6. The summed E-state index contributed by atoms with van der Waals surface area (Å²) < 4.78 is 12.0. The maximum Gasteiger partial charge on any atom is 0.415 e. The molecule has 0 aromatic heterocycles. The molecule has 134 valence electrons. The number of carbonyl (C=O) groups is 1. The molecule has 1 spiro atoms. The van der Waals surface area contributed by atoms with Crippen LogP contribution in [-0.2, 0) is 18.6 Å². The van der Waals surface area contributed by atoms with Gasteiger partial charge < -0.3 is 9.47 Å². The van der Waals surface area contributed by atoms with Gasteiger partial charge in [0.25, 0.3) is 0 Å². The van der Waals surface area contributed by atoms with E-state index in [-0.39, 0.29) is 6.09 Å². The lowest BCUT2D eigenvalue weighted by Gasteiger charge is -2.40. The molecule has 4 heteroatoms. The van der Waals surface area contributed by atoms with Crippen molar-refractivity contribution in [3.8, 4) is 11.5 Å². The zero-order valence-corrected chi connectivity index (χ0v) is 14.8. The molecular formula is C23H19NO3. The van der Waals surface area contributed by atoms with Gasteiger partial charge in [-0.15, -0.1) is 0 Å². The van der Waals surface area contributed by atoms with Crippen LogP contribution in [0.15, 0.2) is 78.9 Å². The Morgan fingerprint density at radius 3 is 2.41 bits per heavy atom. The summed E-state index contributed by atoms with van der Waals surface area (Å²) in [5.74, 6) is 1.44. The highest BCUT2D eigenvalue weighted by molar-refractivity contribution is 5.71. The van der Waals surface area contributed by atoms with Crippen molar-refractivity contribution in [1.82, 2.24) is 4.90 Å². The van der Waals surface area contributed by atoms with Gasteiger partial charge in [0, 0.05) is 18.5 Å². The summed E-state index contributed by atoms with van der Waals surface area (Å²) in [6, 6.07) is 25.5. The molecule has 2 aliphatic rings. The second-order valence-corrected chi connectivity index (χ2v) is 7.08. The minimum Gasteiger partial charge on any atom is -0.480 e. The molecule has 0 saturated carbocycles. The first kappa shape index (κ1) is 15.9. The molecule has 1 atom stereocenters. The van der Waals surface area contributed by atoms with Gasteiger partial charge in [0.05, 0.1) is 6.54 Å². The van der Waals surface area contributed by atoms with Crippen molar-refractivity contribution < 1.29 is 14.3 Å². The van der Waals surface area contributed by atoms with Crippen molar-refractivity contribution in [1.29, 1.82) is 0 Å². The molecule has 1 unspecified atom stereocenters. The summed E-state index contributed by atoms with van der Waals surface area (Å²) in [7, 11) is 0. The summed E-state index contributed by atoms with van der Waals surface area (Å²) in [5, 5.41) is 0. The van der Waals surface area contributed by atoms with E-state index in [0.29, 0.717) is 18.8 Å². The maximum atomic E-state index is 12.8. The number of nitrogens with zero attached hydrogens (tertiary/aromatic N) is 1. The Hall–Kier alpha value is -3.27. The number of para-hydroxylation sites is 2. The maximum absolute atomic E-state index is 12.8. The molecule has 0 bridgehead atoms. The quantitative estimate of drug-likeness (QED) is 0.642. The first-order chi connectivity index (χ1) is 13.2. The number of hydrogen-bond donors (Lipinski definition) is 0. The van der Waals surface area contributed by atoms with E-state index in [0.717, 1.165) is 23.3 Å². The number of hydrogen-bond acceptors (Lipinski definition) is 3. The van der Waals surface area contributed by atoms with E-state index in [1.165, 1.54) is 5.56 Å². The van der Waals surface area contributed by atoms with E-state index in [9.17, 15) is 4.79 Å². The predicted molar refractivity (Wildman–Crippen MR) is 102 cm³/mol. The van der Waals surface area contributed by atoms with Gasteiger partial charge in [-0.1, -0.05) is 60.7 Å². The molecule has 0 fully saturated rings. The van der Waals surface area contributed by atoms with Crippen LogP contribution in [-0.4, -0.2) is 17.5 Å². The Morgan fingerprint density at radius 1 is 0.889 bits per heavy atom. The van der Waals surface area contributed by atoms with Crippen molar-refractivity contribution in [2.75, 3.05) is 6.54 Å². The first-order valence-electron chi connectivity index (χ1n) is 9.11. The molecule has 0 saturated heterocycles. The Kier molecular flexibility index (Phi) is 3.64. The molecule has 5 rings (SSSR count). The van der Waals surface area contributed by atoms with E-state index < -0.39 is 5.60 Å². The highest BCUT2D eigenvalue weighted by Crippen LogP contribution is 2.45. The Bertz CT molecular complexity index is 974. The summed E-state index contributed by atoms with van der Waals surface area (Å²) in [5.41, 5.74) is 2.87. The molecule has 0 N–H and O–H groups in total. The molecule has 0 radical (unpaired) electrons. The van der Waals surface area contributed by atoms with Crippen molar-refractivity contribution >= 4 is 6.09 Å². The number of ether oxygens (including phenoxy) is 2. The third-order valence-electron chi connectivity index (χ3n) is 5.28. The third kappa shape index (κ3) is 2.74. The average Bonchev–Trinajstić information content (AvgIpc) is 3.07. The smallest absolute Gasteiger partial charge is 0.415 e. The Balaban J connectivity index is 1.48. The van der Waals surface area contributed by atoms with Gasteiger partial charge in [-0.05, 0) is 29.3 Å². The van der Waals surface area contributed by atoms with Crippen LogP contribution in [0.25, 0.3) is 0 Å². The van der Waals surface area contributed by atoms with E-state index in [2.05, 4.69) is 18.2 Å². The molecule has 0 aliphatic carbocycles. The summed E-state index contributed by atoms with van der Waals surface area (Å²) >= 11 is 0. The summed E-state index contributed by atoms with van der Waals surface area (Å²) in [6.07, 6.45) is 0.393. The fourth-order valence-electron chi connectivity index (χ4n) is 4.08. The lowest BCUT2D eigenvalue weighted by molar-refractivity contribution is 0.0301. The predicted octanol–water partition coefficient (Wildman–Crippen LogP) is 4.53. The van der Waals surface area contributed by atoms with Crippen LogP contribution in [0.5, 0.6) is 11.5 Å². The molecular weight excluding hydrogens is 338 g/mol. The van der Waals surface area contributed by atoms with Crippen molar-refractivity contribution in [3.63, 3.8) is 0 Å². The number of rotatable bonds is 1. The standard InChI is InChI=1S/C23H19NO3/c25-22(26-19-10-2-1-3-11-19)24-15-18-9-4-6-12-20(18)23(16-24)14-17-8-5-7-13-21(17)27-23/h1-13H,14-16H2. The van der Waals surface area contributed by atoms with Gasteiger partial charge >= 0.3 is 6.09 Å². The van der Waals surface area contributed by atoms with Gasteiger partial charge in [0.2, 0.25) is 0 Å². The van der Waals surface area contributed by atoms with Crippen LogP contribution >= 0.6 is 0 Å². The van der Waals surface area contributed by atoms with Crippen LogP contribution in [0.3, 0.4) is 0 Å². The second-order valence-electron chi connectivity index (χ2n) is 7.08. The van der Waals surface area contributed by atoms with E-state index in [1.54, 1.807) is 17.0 Å². The molecule has 2 heterocycles. The molecule has 1 amide bonds. The lowest BCUT2D eigenvalue weighted by Crippen LogP contribution is -2.51. The van der Waals surface area contributed by atoms with Gasteiger partial charge in [0.15, 0.2) is 5.60 Å². The van der Waals surface area contributed by atoms with E-state index in [4.69, 9.17) is 9.47 Å². The minimum absolute atomic E-state index is 0.352. The largest absolute Gasteiger partial charge is 0.480 e. The Morgan fingerprint density at radius 2 is 1.59 bits per heavy atom. The molecule has 3 aromatic rings. The number of benzene rings is 3. The lowest BCUT2D eigenvalue weighted by atomic mass is 9.82. The number of amides is 1. The number of carbonyl (C=O) groups excluding carboxylic acids is 1. The number of fused-ring (bicyclic) bond motifs is 3. The zero-order chi connectivity index (χ0) is 18.3. The van der Waals surface area contributed by atoms with Gasteiger partial charge in [-0.25, -0.2) is 4.79 Å². The van der Waals surface area contributed by atoms with Crippen LogP contribution < -0.4 is 9.47 Å². The topological polar surface area (TPSA) is 38.8 Å². The SMILES string of the molecule is O=C(Oc1ccccc1)N1Cc2ccccc2C2(Cc3ccccc3O2)C1. The first-order valence-corrected chi connectivity index (χ1v) is 9.11. The van der Waals surface area contributed by atoms with Crippen molar-refractivity contribution in [2.24, 2.45) is 0 Å². The van der Waals surface area contributed by atoms with Crippen LogP contribution in [0.1, 0.15) is 16.7 Å². The highest BCUT2D eigenvalue weighted by Gasteiger charge is 2.47. The van der Waals surface area contributed by atoms with Crippen molar-refractivity contribution in [2.45, 2.75) is 18.6 Å². The fourth-order valence-corrected chi connectivity index (χ4v) is 4.08.